The van der Waals surface area contributed by atoms with Crippen LogP contribution in [0, 0.1) is 0 Å². The highest BCUT2D eigenvalue weighted by Gasteiger charge is 2.29. The van der Waals surface area contributed by atoms with E-state index in [-0.39, 0.29) is 11.5 Å². The van der Waals surface area contributed by atoms with E-state index in [1.807, 2.05) is 45.9 Å². The number of carbonyl (C=O) groups is 1. The Balaban J connectivity index is 1.74. The minimum atomic E-state index is -0.00559. The fraction of sp³-hybridized carbons (Fsp3) is 0.273. The van der Waals surface area contributed by atoms with Gasteiger partial charge >= 0.3 is 0 Å². The number of pyridine rings is 1. The standard InChI is InChI=1S/C22H21N2O2S2/c25-21(23-9-12-27-13-10-23)18-14-17(15-4-2-1-3-5-15)22(26)24-8-6-16-7-11-28-20(16)19(18)24/h1-5,7,11,14,27H,6,8-10,12-13H2. The molecular formula is C22H21N2O2S2. The summed E-state index contributed by atoms with van der Waals surface area (Å²) in [4.78, 5) is 29.9. The third kappa shape index (κ3) is 2.91. The fourth-order valence-corrected chi connectivity index (χ4v) is 6.08. The van der Waals surface area contributed by atoms with Crippen molar-refractivity contribution in [2.75, 3.05) is 24.6 Å². The smallest absolute Gasteiger partial charge is 0.258 e. The van der Waals surface area contributed by atoms with E-state index in [1.165, 1.54) is 17.3 Å². The molecule has 1 fully saturated rings. The molecule has 0 atom stereocenters. The number of hydrogen-bond donors (Lipinski definition) is 1. The van der Waals surface area contributed by atoms with Gasteiger partial charge in [-0.2, -0.15) is 0 Å². The molecule has 0 saturated carbocycles. The largest absolute Gasteiger partial charge is 0.337 e. The summed E-state index contributed by atoms with van der Waals surface area (Å²) in [5, 5.41) is 2.06. The summed E-state index contributed by atoms with van der Waals surface area (Å²) in [5.41, 5.74) is 4.19. The predicted molar refractivity (Wildman–Crippen MR) is 118 cm³/mol. The molecule has 0 bridgehead atoms. The van der Waals surface area contributed by atoms with Crippen molar-refractivity contribution in [1.82, 2.24) is 9.47 Å². The first-order chi connectivity index (χ1) is 13.7. The van der Waals surface area contributed by atoms with Crippen LogP contribution in [0.25, 0.3) is 21.7 Å². The maximum Gasteiger partial charge on any atom is 0.258 e. The number of aromatic nitrogens is 1. The summed E-state index contributed by atoms with van der Waals surface area (Å²) in [6, 6.07) is 13.6. The minimum absolute atomic E-state index is 0.00559. The summed E-state index contributed by atoms with van der Waals surface area (Å²) in [7, 11) is 0. The normalized spacial score (nSPS) is 15.8. The minimum Gasteiger partial charge on any atom is -0.337 e. The highest BCUT2D eigenvalue weighted by molar-refractivity contribution is 7.99. The van der Waals surface area contributed by atoms with Crippen molar-refractivity contribution in [3.8, 4) is 21.7 Å². The van der Waals surface area contributed by atoms with Gasteiger partial charge in [-0.3, -0.25) is 9.59 Å². The van der Waals surface area contributed by atoms with Gasteiger partial charge in [0.15, 0.2) is 0 Å². The van der Waals surface area contributed by atoms with Gasteiger partial charge in [0.25, 0.3) is 11.5 Å². The number of nitrogens with zero attached hydrogens (tertiary/aromatic N) is 2. The second kappa shape index (κ2) is 7.26. The van der Waals surface area contributed by atoms with E-state index in [2.05, 4.69) is 11.4 Å². The van der Waals surface area contributed by atoms with E-state index < -0.39 is 0 Å². The van der Waals surface area contributed by atoms with Crippen molar-refractivity contribution in [1.29, 1.82) is 0 Å². The van der Waals surface area contributed by atoms with Gasteiger partial charge in [0, 0.05) is 25.2 Å². The molecule has 1 saturated heterocycles. The van der Waals surface area contributed by atoms with Crippen LogP contribution in [0.2, 0.25) is 0 Å². The van der Waals surface area contributed by atoms with Gasteiger partial charge in [0.05, 0.1) is 16.1 Å². The monoisotopic (exact) mass is 409 g/mol. The predicted octanol–water partition coefficient (Wildman–Crippen LogP) is 3.72. The van der Waals surface area contributed by atoms with Gasteiger partial charge in [0.1, 0.15) is 0 Å². The van der Waals surface area contributed by atoms with Gasteiger partial charge < -0.3 is 9.47 Å². The Morgan fingerprint density at radius 2 is 1.82 bits per heavy atom. The first kappa shape index (κ1) is 17.8. The van der Waals surface area contributed by atoms with Crippen LogP contribution in [0.5, 0.6) is 0 Å². The first-order valence-corrected chi connectivity index (χ1v) is 11.7. The van der Waals surface area contributed by atoms with E-state index in [0.717, 1.165) is 47.2 Å². The molecular weight excluding hydrogens is 388 g/mol. The summed E-state index contributed by atoms with van der Waals surface area (Å²) in [6.07, 6.45) is 0.834. The molecule has 4 heterocycles. The van der Waals surface area contributed by atoms with E-state index in [0.29, 0.717) is 17.7 Å². The average molecular weight is 410 g/mol. The number of carbonyl (C=O) groups excluding carboxylic acids is 1. The Labute approximate surface area is 171 Å². The topological polar surface area (TPSA) is 42.3 Å². The number of amides is 1. The van der Waals surface area contributed by atoms with Gasteiger partial charge in [0.2, 0.25) is 0 Å². The lowest BCUT2D eigenvalue weighted by atomic mass is 9.97. The average Bonchev–Trinajstić information content (AvgIpc) is 3.24. The molecule has 1 radical (unpaired) electrons. The van der Waals surface area contributed by atoms with Gasteiger partial charge in [-0.25, -0.2) is 11.8 Å². The van der Waals surface area contributed by atoms with E-state index in [1.54, 1.807) is 11.3 Å². The zero-order valence-corrected chi connectivity index (χ0v) is 17.1. The van der Waals surface area contributed by atoms with Crippen LogP contribution >= 0.6 is 23.1 Å². The number of hydrogen-bond acceptors (Lipinski definition) is 3. The lowest BCUT2D eigenvalue weighted by Crippen LogP contribution is -2.39. The Kier molecular flexibility index (Phi) is 4.61. The first-order valence-electron chi connectivity index (χ1n) is 9.56. The van der Waals surface area contributed by atoms with Crippen LogP contribution in [0.3, 0.4) is 0 Å². The molecule has 2 aliphatic heterocycles. The van der Waals surface area contributed by atoms with Crippen molar-refractivity contribution < 1.29 is 4.79 Å². The molecule has 6 heteroatoms. The molecule has 1 amide bonds. The summed E-state index contributed by atoms with van der Waals surface area (Å²) >= 11 is 3.04. The lowest BCUT2D eigenvalue weighted by molar-refractivity contribution is 0.0772. The van der Waals surface area contributed by atoms with E-state index in [9.17, 15) is 9.59 Å². The van der Waals surface area contributed by atoms with Gasteiger partial charge in [-0.1, -0.05) is 30.3 Å². The quantitative estimate of drug-likeness (QED) is 0.656. The van der Waals surface area contributed by atoms with Crippen LogP contribution in [0.1, 0.15) is 15.9 Å². The molecule has 143 valence electrons. The number of thiophene rings is 1. The van der Waals surface area contributed by atoms with Crippen LogP contribution < -0.4 is 5.56 Å². The number of rotatable bonds is 2. The number of benzene rings is 1. The molecule has 0 N–H and O–H groups in total. The number of aryl methyl sites for hydroxylation is 1. The molecule has 0 aliphatic carbocycles. The molecule has 4 nitrogen and oxygen atoms in total. The third-order valence-corrected chi connectivity index (χ3v) is 7.51. The molecule has 28 heavy (non-hydrogen) atoms. The molecule has 0 unspecified atom stereocenters. The summed E-state index contributed by atoms with van der Waals surface area (Å²) < 4.78 is 1.83. The van der Waals surface area contributed by atoms with E-state index in [4.69, 9.17) is 0 Å². The van der Waals surface area contributed by atoms with Crippen LogP contribution in [-0.2, 0) is 13.0 Å². The molecule has 0 spiro atoms. The Bertz CT molecular complexity index is 1100. The highest BCUT2D eigenvalue weighted by Crippen LogP contribution is 2.37. The lowest BCUT2D eigenvalue weighted by Gasteiger charge is -2.29. The Morgan fingerprint density at radius 3 is 2.61 bits per heavy atom. The highest BCUT2D eigenvalue weighted by atomic mass is 32.2. The van der Waals surface area contributed by atoms with Crippen LogP contribution in [0.15, 0.2) is 52.6 Å². The third-order valence-electron chi connectivity index (χ3n) is 5.51. The molecule has 1 aromatic carbocycles. The van der Waals surface area contributed by atoms with Crippen molar-refractivity contribution >= 4 is 29.0 Å². The Morgan fingerprint density at radius 1 is 1.04 bits per heavy atom. The number of fused-ring (bicyclic) bond motifs is 3. The zero-order valence-electron chi connectivity index (χ0n) is 15.4. The Hall–Kier alpha value is -2.31. The summed E-state index contributed by atoms with van der Waals surface area (Å²) in [6.45, 7) is 2.20. The SMILES string of the molecule is O=C(c1cc(-c2ccccc2)c(=O)n2c1-c1sccc1CC2)N1CC[SH]CC1. The maximum absolute atomic E-state index is 13.5. The number of thiol groups is 1. The van der Waals surface area contributed by atoms with Crippen molar-refractivity contribution in [3.05, 3.63) is 69.3 Å². The second-order valence-electron chi connectivity index (χ2n) is 7.13. The van der Waals surface area contributed by atoms with Crippen LogP contribution in [0.4, 0.5) is 0 Å². The van der Waals surface area contributed by atoms with Gasteiger partial charge in [-0.05, 0) is 46.6 Å². The van der Waals surface area contributed by atoms with Crippen molar-refractivity contribution in [3.63, 3.8) is 0 Å². The molecule has 3 aromatic rings. The van der Waals surface area contributed by atoms with Crippen LogP contribution in [-0.4, -0.2) is 40.0 Å². The molecule has 5 rings (SSSR count). The second-order valence-corrected chi connectivity index (χ2v) is 9.39. The maximum atomic E-state index is 13.5. The zero-order chi connectivity index (χ0) is 19.1. The van der Waals surface area contributed by atoms with Crippen molar-refractivity contribution in [2.24, 2.45) is 0 Å². The van der Waals surface area contributed by atoms with Crippen molar-refractivity contribution in [2.45, 2.75) is 13.0 Å². The molecule has 2 aliphatic rings. The van der Waals surface area contributed by atoms with E-state index >= 15 is 0 Å². The van der Waals surface area contributed by atoms with Gasteiger partial charge in [-0.15, -0.1) is 11.3 Å². The fourth-order valence-electron chi connectivity index (χ4n) is 4.07. The molecule has 2 aromatic heterocycles. The summed E-state index contributed by atoms with van der Waals surface area (Å²) in [5.74, 6) is 2.10.